The summed E-state index contributed by atoms with van der Waals surface area (Å²) in [5.41, 5.74) is -2.72. The van der Waals surface area contributed by atoms with Crippen molar-refractivity contribution in [3.05, 3.63) is 48.5 Å². The Balaban J connectivity index is 2.43. The van der Waals surface area contributed by atoms with Crippen molar-refractivity contribution >= 4 is 10.0 Å². The van der Waals surface area contributed by atoms with E-state index in [0.29, 0.717) is 9.79 Å². The van der Waals surface area contributed by atoms with Crippen molar-refractivity contribution in [3.8, 4) is 11.1 Å². The zero-order valence-corrected chi connectivity index (χ0v) is 11.2. The topological polar surface area (TPSA) is 0 Å². The first-order valence-electron chi connectivity index (χ1n) is 6.08. The van der Waals surface area contributed by atoms with Crippen LogP contribution in [0.15, 0.2) is 58.3 Å². The van der Waals surface area contributed by atoms with Crippen LogP contribution in [0, 0.1) is 0 Å². The molecule has 0 bridgehead atoms. The van der Waals surface area contributed by atoms with Crippen molar-refractivity contribution in [1.82, 2.24) is 0 Å². The maximum Gasteiger partial charge on any atom is 0.433 e. The maximum atomic E-state index is 13.8. The fraction of sp³-hybridized carbons (Fsp3) is 0.200. The number of fused-ring (bicyclic) bond motifs is 3. The lowest BCUT2D eigenvalue weighted by Gasteiger charge is -2.38. The molecule has 0 saturated carbocycles. The zero-order valence-electron chi connectivity index (χ0n) is 10.4. The molecule has 0 aromatic heterocycles. The molecule has 1 aliphatic heterocycles. The van der Waals surface area contributed by atoms with E-state index in [-0.39, 0.29) is 5.75 Å². The number of halogens is 3. The van der Waals surface area contributed by atoms with Gasteiger partial charge in [-0.2, -0.15) is 13.2 Å². The summed E-state index contributed by atoms with van der Waals surface area (Å²) in [6.07, 6.45) is 0. The highest BCUT2D eigenvalue weighted by Crippen LogP contribution is 2.78. The minimum atomic E-state index is -4.20. The quantitative estimate of drug-likeness (QED) is 0.654. The summed E-state index contributed by atoms with van der Waals surface area (Å²) in [5, 5.41) is 0. The maximum absolute atomic E-state index is 13.8. The molecule has 1 aliphatic rings. The van der Waals surface area contributed by atoms with Crippen molar-refractivity contribution in [1.29, 1.82) is 0 Å². The van der Waals surface area contributed by atoms with Gasteiger partial charge in [-0.3, -0.25) is 0 Å². The van der Waals surface area contributed by atoms with E-state index < -0.39 is 15.5 Å². The van der Waals surface area contributed by atoms with Crippen LogP contribution in [-0.4, -0.2) is 11.3 Å². The predicted molar refractivity (Wildman–Crippen MR) is 72.6 cm³/mol. The Labute approximate surface area is 111 Å². The summed E-state index contributed by atoms with van der Waals surface area (Å²) in [4.78, 5) is 0.928. The van der Waals surface area contributed by atoms with Crippen LogP contribution in [0.3, 0.4) is 0 Å². The Morgan fingerprint density at radius 3 is 1.63 bits per heavy atom. The van der Waals surface area contributed by atoms with Gasteiger partial charge in [-0.1, -0.05) is 53.4 Å². The molecular formula is C15H13F3S. The lowest BCUT2D eigenvalue weighted by molar-refractivity contribution is -0.0383. The lowest BCUT2D eigenvalue weighted by atomic mass is 10.1. The molecule has 0 spiro atoms. The second-order valence-corrected chi connectivity index (χ2v) is 7.86. The summed E-state index contributed by atoms with van der Waals surface area (Å²) in [5.74, 6) is 0.102. The molecule has 0 N–H and O–H groups in total. The van der Waals surface area contributed by atoms with Crippen LogP contribution in [0.1, 0.15) is 6.92 Å². The molecule has 0 nitrogen and oxygen atoms in total. The van der Waals surface area contributed by atoms with Gasteiger partial charge in [-0.25, -0.2) is 0 Å². The highest BCUT2D eigenvalue weighted by molar-refractivity contribution is 8.34. The first-order chi connectivity index (χ1) is 9.02. The van der Waals surface area contributed by atoms with E-state index in [1.807, 2.05) is 0 Å². The number of hydrogen-bond acceptors (Lipinski definition) is 0. The van der Waals surface area contributed by atoms with E-state index in [9.17, 15) is 13.2 Å². The molecule has 0 aliphatic carbocycles. The molecule has 100 valence electrons. The Kier molecular flexibility index (Phi) is 2.68. The van der Waals surface area contributed by atoms with E-state index in [2.05, 4.69) is 0 Å². The largest absolute Gasteiger partial charge is 0.433 e. The van der Waals surface area contributed by atoms with Gasteiger partial charge in [0.25, 0.3) is 0 Å². The van der Waals surface area contributed by atoms with E-state index in [4.69, 9.17) is 0 Å². The Morgan fingerprint density at radius 2 is 1.26 bits per heavy atom. The number of rotatable bonds is 1. The number of hydrogen-bond donors (Lipinski definition) is 0. The van der Waals surface area contributed by atoms with E-state index in [1.165, 1.54) is 0 Å². The third-order valence-corrected chi connectivity index (χ3v) is 7.51. The minimum Gasteiger partial charge on any atom is -0.161 e. The van der Waals surface area contributed by atoms with Gasteiger partial charge in [0.15, 0.2) is 0 Å². The van der Waals surface area contributed by atoms with Crippen molar-refractivity contribution in [2.45, 2.75) is 22.2 Å². The molecule has 0 saturated heterocycles. The molecule has 3 rings (SSSR count). The van der Waals surface area contributed by atoms with Crippen LogP contribution in [0.2, 0.25) is 0 Å². The number of alkyl halides is 3. The molecule has 0 atom stereocenters. The first kappa shape index (κ1) is 12.6. The molecule has 4 heteroatoms. The molecule has 0 amide bonds. The van der Waals surface area contributed by atoms with Crippen LogP contribution >= 0.6 is 10.0 Å². The summed E-state index contributed by atoms with van der Waals surface area (Å²) in [6, 6.07) is 13.9. The van der Waals surface area contributed by atoms with Crippen molar-refractivity contribution in [2.75, 3.05) is 5.75 Å². The monoisotopic (exact) mass is 282 g/mol. The minimum absolute atomic E-state index is 0.102. The van der Waals surface area contributed by atoms with Crippen LogP contribution in [0.4, 0.5) is 13.2 Å². The van der Waals surface area contributed by atoms with Crippen LogP contribution in [0.25, 0.3) is 11.1 Å². The van der Waals surface area contributed by atoms with Gasteiger partial charge in [-0.05, 0) is 29.0 Å². The second kappa shape index (κ2) is 4.04. The highest BCUT2D eigenvalue weighted by atomic mass is 32.3. The molecule has 19 heavy (non-hydrogen) atoms. The smallest absolute Gasteiger partial charge is 0.161 e. The third-order valence-electron chi connectivity index (χ3n) is 3.64. The van der Waals surface area contributed by atoms with Crippen molar-refractivity contribution < 1.29 is 13.2 Å². The average molecular weight is 282 g/mol. The molecule has 1 heterocycles. The van der Waals surface area contributed by atoms with Gasteiger partial charge in [0, 0.05) is 9.79 Å². The van der Waals surface area contributed by atoms with Gasteiger partial charge < -0.3 is 0 Å². The second-order valence-electron chi connectivity index (χ2n) is 4.47. The van der Waals surface area contributed by atoms with Crippen LogP contribution < -0.4 is 0 Å². The third kappa shape index (κ3) is 1.49. The Bertz CT molecular complexity index is 586. The van der Waals surface area contributed by atoms with Crippen LogP contribution in [-0.2, 0) is 0 Å². The molecular weight excluding hydrogens is 269 g/mol. The molecule has 2 aromatic rings. The molecule has 0 radical (unpaired) electrons. The number of benzene rings is 2. The molecule has 0 unspecified atom stereocenters. The predicted octanol–water partition coefficient (Wildman–Crippen LogP) is 5.43. The van der Waals surface area contributed by atoms with Crippen molar-refractivity contribution in [2.24, 2.45) is 0 Å². The highest BCUT2D eigenvalue weighted by Gasteiger charge is 2.55. The van der Waals surface area contributed by atoms with Gasteiger partial charge in [-0.15, -0.1) is 0 Å². The Hall–Kier alpha value is -1.42. The Morgan fingerprint density at radius 1 is 0.842 bits per heavy atom. The van der Waals surface area contributed by atoms with Crippen molar-refractivity contribution in [3.63, 3.8) is 0 Å². The molecule has 2 aromatic carbocycles. The fourth-order valence-corrected chi connectivity index (χ4v) is 6.24. The van der Waals surface area contributed by atoms with Gasteiger partial charge >= 0.3 is 5.51 Å². The summed E-state index contributed by atoms with van der Waals surface area (Å²) < 4.78 is 41.4. The molecule has 0 fully saturated rings. The van der Waals surface area contributed by atoms with Gasteiger partial charge in [0.05, 0.1) is 0 Å². The zero-order chi connectivity index (χ0) is 13.7. The van der Waals surface area contributed by atoms with E-state index in [1.54, 1.807) is 55.5 Å². The average Bonchev–Trinajstić information content (AvgIpc) is 2.69. The lowest BCUT2D eigenvalue weighted by Crippen LogP contribution is -2.21. The SMILES string of the molecule is CCS1(C(F)(F)F)c2ccccc2-c2ccccc21. The van der Waals surface area contributed by atoms with Crippen LogP contribution in [0.5, 0.6) is 0 Å². The van der Waals surface area contributed by atoms with E-state index in [0.717, 1.165) is 11.1 Å². The summed E-state index contributed by atoms with van der Waals surface area (Å²) in [7, 11) is -2.93. The standard InChI is InChI=1S/C15H13F3S/c1-2-19(15(16,17)18)13-9-5-3-7-11(13)12-8-4-6-10-14(12)19/h3-10H,2H2,1H3. The normalized spacial score (nSPS) is 17.7. The first-order valence-corrected chi connectivity index (χ1v) is 7.88. The summed E-state index contributed by atoms with van der Waals surface area (Å²) >= 11 is 0. The van der Waals surface area contributed by atoms with E-state index >= 15 is 0 Å². The van der Waals surface area contributed by atoms with Gasteiger partial charge in [0.1, 0.15) is 0 Å². The van der Waals surface area contributed by atoms with Gasteiger partial charge in [0.2, 0.25) is 0 Å². The fourth-order valence-electron chi connectivity index (χ4n) is 2.83. The summed E-state index contributed by atoms with van der Waals surface area (Å²) in [6.45, 7) is 1.64.